The molecule has 0 aliphatic rings. The highest BCUT2D eigenvalue weighted by molar-refractivity contribution is 5.63. The maximum Gasteiger partial charge on any atom is 0.421 e. The molecule has 0 saturated heterocycles. The van der Waals surface area contributed by atoms with Gasteiger partial charge in [-0.15, -0.1) is 0 Å². The van der Waals surface area contributed by atoms with Crippen molar-refractivity contribution < 1.29 is 17.9 Å². The van der Waals surface area contributed by atoms with Crippen LogP contribution in [-0.4, -0.2) is 17.0 Å². The molecule has 7 heteroatoms. The first-order valence-electron chi connectivity index (χ1n) is 8.82. The molecule has 146 valence electrons. The zero-order chi connectivity index (χ0) is 20.1. The third-order valence-corrected chi connectivity index (χ3v) is 4.31. The first-order valence-corrected chi connectivity index (χ1v) is 8.82. The fourth-order valence-corrected chi connectivity index (χ4v) is 2.68. The van der Waals surface area contributed by atoms with Crippen LogP contribution in [0.5, 0.6) is 6.01 Å². The number of anilines is 2. The summed E-state index contributed by atoms with van der Waals surface area (Å²) in [4.78, 5) is 9.18. The SMILES string of the molecule is CCc1ccc(N(C)c2nc(OCc3ccccc3)ncc2C(F)(F)F)cc1. The van der Waals surface area contributed by atoms with Gasteiger partial charge < -0.3 is 9.64 Å². The summed E-state index contributed by atoms with van der Waals surface area (Å²) < 4.78 is 45.9. The monoisotopic (exact) mass is 387 g/mol. The molecule has 3 aromatic rings. The Morgan fingerprint density at radius 3 is 2.25 bits per heavy atom. The highest BCUT2D eigenvalue weighted by atomic mass is 19.4. The van der Waals surface area contributed by atoms with Gasteiger partial charge in [-0.25, -0.2) is 4.98 Å². The van der Waals surface area contributed by atoms with Crippen LogP contribution < -0.4 is 9.64 Å². The average Bonchev–Trinajstić information content (AvgIpc) is 2.71. The fourth-order valence-electron chi connectivity index (χ4n) is 2.68. The lowest BCUT2D eigenvalue weighted by atomic mass is 10.1. The highest BCUT2D eigenvalue weighted by Crippen LogP contribution is 2.37. The summed E-state index contributed by atoms with van der Waals surface area (Å²) in [5.41, 5.74) is 1.65. The number of benzene rings is 2. The van der Waals surface area contributed by atoms with Gasteiger partial charge in [-0.2, -0.15) is 18.2 Å². The smallest absolute Gasteiger partial charge is 0.421 e. The van der Waals surface area contributed by atoms with E-state index in [1.807, 2.05) is 49.4 Å². The minimum atomic E-state index is -4.58. The third kappa shape index (κ3) is 4.60. The van der Waals surface area contributed by atoms with Gasteiger partial charge in [-0.05, 0) is 29.7 Å². The van der Waals surface area contributed by atoms with E-state index in [9.17, 15) is 13.2 Å². The van der Waals surface area contributed by atoms with Gasteiger partial charge in [0.05, 0.1) is 0 Å². The Morgan fingerprint density at radius 2 is 1.64 bits per heavy atom. The second-order valence-electron chi connectivity index (χ2n) is 6.24. The molecule has 4 nitrogen and oxygen atoms in total. The van der Waals surface area contributed by atoms with Gasteiger partial charge >= 0.3 is 12.2 Å². The van der Waals surface area contributed by atoms with Gasteiger partial charge in [0.25, 0.3) is 0 Å². The third-order valence-electron chi connectivity index (χ3n) is 4.31. The number of halogens is 3. The number of nitrogens with zero attached hydrogens (tertiary/aromatic N) is 3. The van der Waals surface area contributed by atoms with Crippen LogP contribution in [-0.2, 0) is 19.2 Å². The predicted octanol–water partition coefficient (Wildman–Crippen LogP) is 5.40. The first kappa shape index (κ1) is 19.7. The summed E-state index contributed by atoms with van der Waals surface area (Å²) in [5, 5.41) is 0. The van der Waals surface area contributed by atoms with Crippen molar-refractivity contribution in [2.75, 3.05) is 11.9 Å². The molecule has 0 saturated carbocycles. The minimum absolute atomic E-state index is 0.108. The summed E-state index contributed by atoms with van der Waals surface area (Å²) in [6.07, 6.45) is -2.97. The fraction of sp³-hybridized carbons (Fsp3) is 0.238. The Balaban J connectivity index is 1.91. The van der Waals surface area contributed by atoms with E-state index in [2.05, 4.69) is 9.97 Å². The van der Waals surface area contributed by atoms with Gasteiger partial charge in [0.15, 0.2) is 5.82 Å². The van der Waals surface area contributed by atoms with Crippen molar-refractivity contribution in [3.8, 4) is 6.01 Å². The van der Waals surface area contributed by atoms with Crippen molar-refractivity contribution >= 4 is 11.5 Å². The Morgan fingerprint density at radius 1 is 0.964 bits per heavy atom. The number of hydrogen-bond donors (Lipinski definition) is 0. The zero-order valence-electron chi connectivity index (χ0n) is 15.6. The van der Waals surface area contributed by atoms with Crippen LogP contribution in [0.4, 0.5) is 24.7 Å². The van der Waals surface area contributed by atoms with Gasteiger partial charge in [0.2, 0.25) is 0 Å². The summed E-state index contributed by atoms with van der Waals surface area (Å²) in [6.45, 7) is 2.18. The quantitative estimate of drug-likeness (QED) is 0.567. The van der Waals surface area contributed by atoms with Crippen LogP contribution in [0.2, 0.25) is 0 Å². The largest absolute Gasteiger partial charge is 0.459 e. The van der Waals surface area contributed by atoms with Crippen molar-refractivity contribution in [3.63, 3.8) is 0 Å². The van der Waals surface area contributed by atoms with Gasteiger partial charge in [0.1, 0.15) is 12.2 Å². The standard InChI is InChI=1S/C21H20F3N3O/c1-3-15-9-11-17(12-10-15)27(2)19-18(21(22,23)24)13-25-20(26-19)28-14-16-7-5-4-6-8-16/h4-13H,3,14H2,1-2H3. The molecule has 1 heterocycles. The normalized spacial score (nSPS) is 11.3. The number of hydrogen-bond acceptors (Lipinski definition) is 4. The van der Waals surface area contributed by atoms with E-state index in [0.717, 1.165) is 23.7 Å². The number of aryl methyl sites for hydroxylation is 1. The van der Waals surface area contributed by atoms with Crippen LogP contribution in [0.25, 0.3) is 0 Å². The van der Waals surface area contributed by atoms with Crippen molar-refractivity contribution in [1.82, 2.24) is 9.97 Å². The van der Waals surface area contributed by atoms with Crippen LogP contribution in [0.3, 0.4) is 0 Å². The maximum absolute atomic E-state index is 13.5. The molecule has 0 radical (unpaired) electrons. The number of rotatable bonds is 6. The molecule has 2 aromatic carbocycles. The van der Waals surface area contributed by atoms with Gasteiger partial charge in [-0.1, -0.05) is 49.4 Å². The summed E-state index contributed by atoms with van der Waals surface area (Å²) in [5.74, 6) is -0.255. The minimum Gasteiger partial charge on any atom is -0.459 e. The molecule has 0 atom stereocenters. The van der Waals surface area contributed by atoms with E-state index in [4.69, 9.17) is 4.74 Å². The van der Waals surface area contributed by atoms with Crippen LogP contribution in [0, 0.1) is 0 Å². The molecular weight excluding hydrogens is 367 g/mol. The van der Waals surface area contributed by atoms with E-state index in [1.54, 1.807) is 19.2 Å². The zero-order valence-corrected chi connectivity index (χ0v) is 15.6. The second-order valence-corrected chi connectivity index (χ2v) is 6.24. The Hall–Kier alpha value is -3.09. The Bertz CT molecular complexity index is 912. The molecular formula is C21H20F3N3O. The van der Waals surface area contributed by atoms with Gasteiger partial charge in [-0.3, -0.25) is 0 Å². The van der Waals surface area contributed by atoms with E-state index < -0.39 is 11.7 Å². The molecule has 0 N–H and O–H groups in total. The molecule has 0 bridgehead atoms. The molecule has 3 rings (SSSR count). The molecule has 0 aliphatic carbocycles. The number of ether oxygens (including phenoxy) is 1. The van der Waals surface area contributed by atoms with E-state index in [0.29, 0.717) is 5.69 Å². The van der Waals surface area contributed by atoms with Crippen LogP contribution >= 0.6 is 0 Å². The van der Waals surface area contributed by atoms with Crippen molar-refractivity contribution in [3.05, 3.63) is 77.5 Å². The molecule has 0 amide bonds. The average molecular weight is 387 g/mol. The van der Waals surface area contributed by atoms with Gasteiger partial charge in [0, 0.05) is 18.9 Å². The lowest BCUT2D eigenvalue weighted by Gasteiger charge is -2.22. The molecule has 1 aromatic heterocycles. The Labute approximate surface area is 161 Å². The van der Waals surface area contributed by atoms with E-state index >= 15 is 0 Å². The molecule has 0 fully saturated rings. The van der Waals surface area contributed by atoms with Crippen molar-refractivity contribution in [1.29, 1.82) is 0 Å². The van der Waals surface area contributed by atoms with Crippen LogP contribution in [0.15, 0.2) is 60.8 Å². The van der Waals surface area contributed by atoms with E-state index in [-0.39, 0.29) is 18.4 Å². The summed E-state index contributed by atoms with van der Waals surface area (Å²) in [7, 11) is 1.54. The first-order chi connectivity index (χ1) is 13.4. The summed E-state index contributed by atoms with van der Waals surface area (Å²) in [6, 6.07) is 16.5. The van der Waals surface area contributed by atoms with E-state index in [1.165, 1.54) is 4.90 Å². The summed E-state index contributed by atoms with van der Waals surface area (Å²) >= 11 is 0. The topological polar surface area (TPSA) is 38.2 Å². The Kier molecular flexibility index (Phi) is 5.82. The highest BCUT2D eigenvalue weighted by Gasteiger charge is 2.36. The molecule has 0 spiro atoms. The second kappa shape index (κ2) is 8.29. The number of alkyl halides is 3. The predicted molar refractivity (Wildman–Crippen MR) is 102 cm³/mol. The lowest BCUT2D eigenvalue weighted by molar-refractivity contribution is -0.137. The maximum atomic E-state index is 13.5. The van der Waals surface area contributed by atoms with Crippen molar-refractivity contribution in [2.24, 2.45) is 0 Å². The number of aromatic nitrogens is 2. The van der Waals surface area contributed by atoms with Crippen LogP contribution in [0.1, 0.15) is 23.6 Å². The van der Waals surface area contributed by atoms with Crippen molar-refractivity contribution in [2.45, 2.75) is 26.1 Å². The molecule has 0 unspecified atom stereocenters. The molecule has 28 heavy (non-hydrogen) atoms. The molecule has 0 aliphatic heterocycles. The lowest BCUT2D eigenvalue weighted by Crippen LogP contribution is -2.19.